The zero-order valence-corrected chi connectivity index (χ0v) is 11.4. The molecule has 2 heterocycles. The first-order valence-corrected chi connectivity index (χ1v) is 7.39. The van der Waals surface area contributed by atoms with Gasteiger partial charge in [-0.15, -0.1) is 11.3 Å². The van der Waals surface area contributed by atoms with Crippen LogP contribution in [0.5, 0.6) is 0 Å². The lowest BCUT2D eigenvalue weighted by Gasteiger charge is -2.20. The van der Waals surface area contributed by atoms with Crippen LogP contribution in [0.1, 0.15) is 27.2 Å². The fraction of sp³-hybridized carbons (Fsp3) is 0.267. The Balaban J connectivity index is 1.76. The minimum absolute atomic E-state index is 0.0222. The molecule has 3 nitrogen and oxygen atoms in total. The van der Waals surface area contributed by atoms with Gasteiger partial charge in [-0.2, -0.15) is 0 Å². The van der Waals surface area contributed by atoms with Gasteiger partial charge in [0.2, 0.25) is 0 Å². The van der Waals surface area contributed by atoms with Crippen molar-refractivity contribution in [1.82, 2.24) is 5.32 Å². The van der Waals surface area contributed by atoms with E-state index in [-0.39, 0.29) is 5.91 Å². The van der Waals surface area contributed by atoms with Gasteiger partial charge in [0, 0.05) is 22.7 Å². The maximum atomic E-state index is 12.3. The largest absolute Gasteiger partial charge is 0.385 e. The van der Waals surface area contributed by atoms with E-state index in [1.165, 1.54) is 4.88 Å². The number of fused-ring (bicyclic) bond motifs is 1. The second-order valence-electron chi connectivity index (χ2n) is 4.62. The molecule has 2 N–H and O–H groups in total. The van der Waals surface area contributed by atoms with Crippen molar-refractivity contribution in [2.45, 2.75) is 19.4 Å². The number of amides is 1. The summed E-state index contributed by atoms with van der Waals surface area (Å²) < 4.78 is 0. The van der Waals surface area contributed by atoms with Crippen LogP contribution >= 0.6 is 11.3 Å². The fourth-order valence-electron chi connectivity index (χ4n) is 2.40. The Morgan fingerprint density at radius 2 is 2.26 bits per heavy atom. The maximum absolute atomic E-state index is 12.3. The third-order valence-corrected chi connectivity index (χ3v) is 4.22. The van der Waals surface area contributed by atoms with Crippen LogP contribution < -0.4 is 10.6 Å². The van der Waals surface area contributed by atoms with Gasteiger partial charge in [-0.3, -0.25) is 4.79 Å². The molecule has 0 fully saturated rings. The second kappa shape index (κ2) is 5.45. The van der Waals surface area contributed by atoms with Gasteiger partial charge < -0.3 is 10.6 Å². The molecule has 1 aromatic heterocycles. The molecule has 0 bridgehead atoms. The minimum Gasteiger partial charge on any atom is -0.385 e. The van der Waals surface area contributed by atoms with Gasteiger partial charge in [0.1, 0.15) is 0 Å². The molecular formula is C15H16N2OS. The van der Waals surface area contributed by atoms with E-state index < -0.39 is 0 Å². The monoisotopic (exact) mass is 272 g/mol. The third kappa shape index (κ3) is 2.63. The number of anilines is 1. The number of rotatable bonds is 3. The maximum Gasteiger partial charge on any atom is 0.251 e. The lowest BCUT2D eigenvalue weighted by molar-refractivity contribution is 0.0950. The van der Waals surface area contributed by atoms with Crippen molar-refractivity contribution in [2.24, 2.45) is 0 Å². The van der Waals surface area contributed by atoms with Gasteiger partial charge in [0.15, 0.2) is 0 Å². The second-order valence-corrected chi connectivity index (χ2v) is 5.66. The number of carbonyl (C=O) groups excluding carboxylic acids is 1. The Kier molecular flexibility index (Phi) is 3.51. The van der Waals surface area contributed by atoms with E-state index in [4.69, 9.17) is 0 Å². The standard InChI is InChI=1S/C15H16N2OS/c18-15(17-10-11-4-3-9-19-11)13-5-1-7-14-12(13)6-2-8-16-14/h1,3-5,7,9,16H,2,6,8,10H2,(H,17,18). The van der Waals surface area contributed by atoms with Crippen LogP contribution in [0, 0.1) is 0 Å². The molecule has 98 valence electrons. The molecule has 0 aliphatic carbocycles. The van der Waals surface area contributed by atoms with Crippen LogP contribution in [0.2, 0.25) is 0 Å². The van der Waals surface area contributed by atoms with Crippen LogP contribution in [0.25, 0.3) is 0 Å². The molecule has 0 saturated heterocycles. The summed E-state index contributed by atoms with van der Waals surface area (Å²) in [5.41, 5.74) is 3.06. The van der Waals surface area contributed by atoms with Crippen LogP contribution in [0.3, 0.4) is 0 Å². The van der Waals surface area contributed by atoms with Gasteiger partial charge >= 0.3 is 0 Å². The highest BCUT2D eigenvalue weighted by atomic mass is 32.1. The molecule has 0 atom stereocenters. The highest BCUT2D eigenvalue weighted by Crippen LogP contribution is 2.25. The summed E-state index contributed by atoms with van der Waals surface area (Å²) in [6, 6.07) is 9.94. The number of hydrogen-bond acceptors (Lipinski definition) is 3. The average molecular weight is 272 g/mol. The molecule has 2 aromatic rings. The van der Waals surface area contributed by atoms with Gasteiger partial charge in [0.25, 0.3) is 5.91 Å². The molecule has 19 heavy (non-hydrogen) atoms. The number of thiophene rings is 1. The van der Waals surface area contributed by atoms with Crippen molar-refractivity contribution in [2.75, 3.05) is 11.9 Å². The lowest BCUT2D eigenvalue weighted by Crippen LogP contribution is -2.25. The molecule has 1 aliphatic rings. The van der Waals surface area contributed by atoms with E-state index in [0.29, 0.717) is 6.54 Å². The third-order valence-electron chi connectivity index (χ3n) is 3.34. The lowest BCUT2D eigenvalue weighted by atomic mass is 9.97. The molecule has 4 heteroatoms. The summed E-state index contributed by atoms with van der Waals surface area (Å²) in [6.45, 7) is 1.60. The van der Waals surface area contributed by atoms with E-state index in [0.717, 1.165) is 36.2 Å². The SMILES string of the molecule is O=C(NCc1cccs1)c1cccc2c1CCCN2. The first-order valence-electron chi connectivity index (χ1n) is 6.51. The topological polar surface area (TPSA) is 41.1 Å². The Hall–Kier alpha value is -1.81. The van der Waals surface area contributed by atoms with Crippen LogP contribution in [0.15, 0.2) is 35.7 Å². The fourth-order valence-corrected chi connectivity index (χ4v) is 3.04. The Morgan fingerprint density at radius 3 is 3.11 bits per heavy atom. The predicted molar refractivity (Wildman–Crippen MR) is 78.7 cm³/mol. The van der Waals surface area contributed by atoms with Crippen molar-refractivity contribution < 1.29 is 4.79 Å². The van der Waals surface area contributed by atoms with Crippen LogP contribution in [-0.2, 0) is 13.0 Å². The summed E-state index contributed by atoms with van der Waals surface area (Å²) in [5, 5.41) is 8.37. The Morgan fingerprint density at radius 1 is 1.32 bits per heavy atom. The molecule has 0 unspecified atom stereocenters. The molecule has 0 spiro atoms. The number of carbonyl (C=O) groups is 1. The highest BCUT2D eigenvalue weighted by molar-refractivity contribution is 7.09. The Labute approximate surface area is 116 Å². The predicted octanol–water partition coefficient (Wildman–Crippen LogP) is 3.04. The summed E-state index contributed by atoms with van der Waals surface area (Å²) in [4.78, 5) is 13.5. The summed E-state index contributed by atoms with van der Waals surface area (Å²) in [5.74, 6) is 0.0222. The number of benzene rings is 1. The normalized spacial score (nSPS) is 13.5. The zero-order chi connectivity index (χ0) is 13.1. The van der Waals surface area contributed by atoms with Crippen molar-refractivity contribution in [1.29, 1.82) is 0 Å². The molecule has 1 aliphatic heterocycles. The van der Waals surface area contributed by atoms with E-state index >= 15 is 0 Å². The first-order chi connectivity index (χ1) is 9.34. The summed E-state index contributed by atoms with van der Waals surface area (Å²) in [6.07, 6.45) is 2.06. The van der Waals surface area contributed by atoms with Crippen LogP contribution in [0.4, 0.5) is 5.69 Å². The van der Waals surface area contributed by atoms with E-state index in [2.05, 4.69) is 10.6 Å². The van der Waals surface area contributed by atoms with Crippen molar-refractivity contribution in [3.8, 4) is 0 Å². The molecular weight excluding hydrogens is 256 g/mol. The van der Waals surface area contributed by atoms with E-state index in [9.17, 15) is 4.79 Å². The molecule has 0 saturated carbocycles. The quantitative estimate of drug-likeness (QED) is 0.901. The highest BCUT2D eigenvalue weighted by Gasteiger charge is 2.16. The number of hydrogen-bond donors (Lipinski definition) is 2. The zero-order valence-electron chi connectivity index (χ0n) is 10.6. The van der Waals surface area contributed by atoms with Crippen molar-refractivity contribution >= 4 is 22.9 Å². The van der Waals surface area contributed by atoms with Gasteiger partial charge in [0.05, 0.1) is 6.54 Å². The minimum atomic E-state index is 0.0222. The molecule has 3 rings (SSSR count). The molecule has 1 aromatic carbocycles. The van der Waals surface area contributed by atoms with Gasteiger partial charge in [-0.1, -0.05) is 12.1 Å². The van der Waals surface area contributed by atoms with E-state index in [1.807, 2.05) is 35.7 Å². The van der Waals surface area contributed by atoms with Crippen LogP contribution in [-0.4, -0.2) is 12.5 Å². The molecule has 0 radical (unpaired) electrons. The van der Waals surface area contributed by atoms with E-state index in [1.54, 1.807) is 11.3 Å². The average Bonchev–Trinajstić information content (AvgIpc) is 2.97. The summed E-state index contributed by atoms with van der Waals surface area (Å²) in [7, 11) is 0. The smallest absolute Gasteiger partial charge is 0.251 e. The van der Waals surface area contributed by atoms with Gasteiger partial charge in [-0.25, -0.2) is 0 Å². The summed E-state index contributed by atoms with van der Waals surface area (Å²) >= 11 is 1.66. The van der Waals surface area contributed by atoms with Crippen molar-refractivity contribution in [3.05, 3.63) is 51.7 Å². The van der Waals surface area contributed by atoms with Crippen molar-refractivity contribution in [3.63, 3.8) is 0 Å². The molecule has 1 amide bonds. The first kappa shape index (κ1) is 12.2. The van der Waals surface area contributed by atoms with Gasteiger partial charge in [-0.05, 0) is 42.0 Å². The Bertz CT molecular complexity index is 578. The number of nitrogens with one attached hydrogen (secondary N) is 2.